The van der Waals surface area contributed by atoms with Gasteiger partial charge in [0.1, 0.15) is 17.5 Å². The van der Waals surface area contributed by atoms with Crippen LogP contribution in [0.2, 0.25) is 0 Å². The molecule has 76 valence electrons. The number of ether oxygens (including phenoxy) is 1. The summed E-state index contributed by atoms with van der Waals surface area (Å²) in [6, 6.07) is 0. The maximum absolute atomic E-state index is 10.8. The zero-order valence-electron chi connectivity index (χ0n) is 7.60. The molecule has 0 bridgehead atoms. The fourth-order valence-electron chi connectivity index (χ4n) is 1.67. The van der Waals surface area contributed by atoms with Crippen LogP contribution in [0.3, 0.4) is 0 Å². The fourth-order valence-corrected chi connectivity index (χ4v) is 1.67. The average molecular weight is 197 g/mol. The standard InChI is InChI=1S/C9H11NO4/c11-9(12)7-5-14-10-8(7)6-1-3-13-4-2-6/h5-6H,1-4H2,(H,11,12). The number of aromatic nitrogens is 1. The van der Waals surface area contributed by atoms with Gasteiger partial charge in [-0.2, -0.15) is 0 Å². The molecule has 1 N–H and O–H groups in total. The van der Waals surface area contributed by atoms with Crippen LogP contribution in [-0.2, 0) is 4.74 Å². The van der Waals surface area contributed by atoms with Crippen LogP contribution in [0.4, 0.5) is 0 Å². The molecule has 0 radical (unpaired) electrons. The van der Waals surface area contributed by atoms with Crippen LogP contribution in [0.15, 0.2) is 10.8 Å². The van der Waals surface area contributed by atoms with E-state index in [1.165, 1.54) is 6.26 Å². The first kappa shape index (κ1) is 9.21. The van der Waals surface area contributed by atoms with E-state index in [-0.39, 0.29) is 11.5 Å². The van der Waals surface area contributed by atoms with Crippen LogP contribution >= 0.6 is 0 Å². The van der Waals surface area contributed by atoms with Crippen LogP contribution in [0.5, 0.6) is 0 Å². The van der Waals surface area contributed by atoms with E-state index >= 15 is 0 Å². The first-order valence-corrected chi connectivity index (χ1v) is 4.54. The Morgan fingerprint density at radius 2 is 2.21 bits per heavy atom. The summed E-state index contributed by atoms with van der Waals surface area (Å²) in [7, 11) is 0. The third-order valence-corrected chi connectivity index (χ3v) is 2.44. The van der Waals surface area contributed by atoms with E-state index in [1.54, 1.807) is 0 Å². The molecule has 5 heteroatoms. The first-order chi connectivity index (χ1) is 6.79. The summed E-state index contributed by atoms with van der Waals surface area (Å²) in [5, 5.41) is 12.6. The third kappa shape index (κ3) is 1.63. The highest BCUT2D eigenvalue weighted by Crippen LogP contribution is 2.28. The SMILES string of the molecule is O=C(O)c1conc1C1CCOCC1. The van der Waals surface area contributed by atoms with E-state index in [1.807, 2.05) is 0 Å². The normalized spacial score (nSPS) is 18.3. The van der Waals surface area contributed by atoms with E-state index in [4.69, 9.17) is 9.84 Å². The molecule has 1 fully saturated rings. The van der Waals surface area contributed by atoms with Crippen molar-refractivity contribution in [1.82, 2.24) is 5.16 Å². The Bertz CT molecular complexity index is 327. The van der Waals surface area contributed by atoms with Gasteiger partial charge in [0.05, 0.1) is 0 Å². The van der Waals surface area contributed by atoms with Gasteiger partial charge in [0.2, 0.25) is 0 Å². The van der Waals surface area contributed by atoms with Crippen molar-refractivity contribution in [2.45, 2.75) is 18.8 Å². The lowest BCUT2D eigenvalue weighted by Crippen LogP contribution is -2.16. The van der Waals surface area contributed by atoms with E-state index in [2.05, 4.69) is 9.68 Å². The van der Waals surface area contributed by atoms with Crippen molar-refractivity contribution in [3.8, 4) is 0 Å². The van der Waals surface area contributed by atoms with Crippen molar-refractivity contribution in [1.29, 1.82) is 0 Å². The highest BCUT2D eigenvalue weighted by atomic mass is 16.5. The fraction of sp³-hybridized carbons (Fsp3) is 0.556. The number of carboxylic acid groups (broad SMARTS) is 1. The van der Waals surface area contributed by atoms with E-state index in [0.717, 1.165) is 12.8 Å². The number of carbonyl (C=O) groups is 1. The molecule has 2 heterocycles. The minimum atomic E-state index is -0.979. The maximum Gasteiger partial charge on any atom is 0.340 e. The lowest BCUT2D eigenvalue weighted by atomic mass is 9.94. The number of hydrogen-bond acceptors (Lipinski definition) is 4. The number of aromatic carboxylic acids is 1. The number of hydrogen-bond donors (Lipinski definition) is 1. The summed E-state index contributed by atoms with van der Waals surface area (Å²) in [5.74, 6) is -0.818. The molecule has 1 saturated heterocycles. The second kappa shape index (κ2) is 3.79. The zero-order chi connectivity index (χ0) is 9.97. The predicted octanol–water partition coefficient (Wildman–Crippen LogP) is 1.27. The van der Waals surface area contributed by atoms with Crippen molar-refractivity contribution < 1.29 is 19.2 Å². The van der Waals surface area contributed by atoms with Gasteiger partial charge in [0.25, 0.3) is 0 Å². The highest BCUT2D eigenvalue weighted by Gasteiger charge is 2.25. The summed E-state index contributed by atoms with van der Waals surface area (Å²) in [5.41, 5.74) is 0.734. The van der Waals surface area contributed by atoms with E-state index in [9.17, 15) is 4.79 Å². The Morgan fingerprint density at radius 3 is 2.86 bits per heavy atom. The van der Waals surface area contributed by atoms with Gasteiger partial charge in [-0.05, 0) is 12.8 Å². The smallest absolute Gasteiger partial charge is 0.340 e. The Labute approximate surface area is 80.6 Å². The van der Waals surface area contributed by atoms with Gasteiger partial charge in [0, 0.05) is 19.1 Å². The summed E-state index contributed by atoms with van der Waals surface area (Å²) >= 11 is 0. The average Bonchev–Trinajstić information content (AvgIpc) is 2.67. The predicted molar refractivity (Wildman–Crippen MR) is 46.3 cm³/mol. The summed E-state index contributed by atoms with van der Waals surface area (Å²) < 4.78 is 9.88. The molecular formula is C9H11NO4. The van der Waals surface area contributed by atoms with Crippen molar-refractivity contribution >= 4 is 5.97 Å². The van der Waals surface area contributed by atoms with Crippen molar-refractivity contribution in [3.63, 3.8) is 0 Å². The summed E-state index contributed by atoms with van der Waals surface area (Å²) in [4.78, 5) is 10.8. The van der Waals surface area contributed by atoms with E-state index in [0.29, 0.717) is 18.9 Å². The Hall–Kier alpha value is -1.36. The maximum atomic E-state index is 10.8. The molecule has 0 saturated carbocycles. The molecule has 5 nitrogen and oxygen atoms in total. The molecular weight excluding hydrogens is 186 g/mol. The molecule has 1 aliphatic heterocycles. The van der Waals surface area contributed by atoms with E-state index < -0.39 is 5.97 Å². The molecule has 0 aliphatic carbocycles. The van der Waals surface area contributed by atoms with Crippen molar-refractivity contribution in [2.24, 2.45) is 0 Å². The molecule has 0 atom stereocenters. The third-order valence-electron chi connectivity index (χ3n) is 2.44. The largest absolute Gasteiger partial charge is 0.478 e. The number of rotatable bonds is 2. The minimum Gasteiger partial charge on any atom is -0.478 e. The molecule has 0 amide bonds. The number of carboxylic acids is 1. The Morgan fingerprint density at radius 1 is 1.50 bits per heavy atom. The molecule has 0 unspecified atom stereocenters. The van der Waals surface area contributed by atoms with Crippen LogP contribution in [0, 0.1) is 0 Å². The molecule has 1 aliphatic rings. The van der Waals surface area contributed by atoms with Crippen LogP contribution in [0.1, 0.15) is 34.8 Å². The Kier molecular flexibility index (Phi) is 2.49. The van der Waals surface area contributed by atoms with Crippen LogP contribution in [-0.4, -0.2) is 29.4 Å². The molecule has 1 aromatic heterocycles. The van der Waals surface area contributed by atoms with Crippen molar-refractivity contribution in [3.05, 3.63) is 17.5 Å². The first-order valence-electron chi connectivity index (χ1n) is 4.54. The van der Waals surface area contributed by atoms with Gasteiger partial charge in [-0.25, -0.2) is 4.79 Å². The topological polar surface area (TPSA) is 72.6 Å². The summed E-state index contributed by atoms with van der Waals surface area (Å²) in [6.45, 7) is 1.33. The lowest BCUT2D eigenvalue weighted by Gasteiger charge is -2.19. The molecule has 0 aromatic carbocycles. The molecule has 2 rings (SSSR count). The molecule has 0 spiro atoms. The van der Waals surface area contributed by atoms with Gasteiger partial charge in [-0.3, -0.25) is 0 Å². The Balaban J connectivity index is 2.21. The van der Waals surface area contributed by atoms with Gasteiger partial charge in [-0.15, -0.1) is 0 Å². The van der Waals surface area contributed by atoms with Gasteiger partial charge < -0.3 is 14.4 Å². The van der Waals surface area contributed by atoms with Gasteiger partial charge in [-0.1, -0.05) is 5.16 Å². The highest BCUT2D eigenvalue weighted by molar-refractivity contribution is 5.88. The lowest BCUT2D eigenvalue weighted by molar-refractivity contribution is 0.0684. The van der Waals surface area contributed by atoms with Crippen molar-refractivity contribution in [2.75, 3.05) is 13.2 Å². The second-order valence-electron chi connectivity index (χ2n) is 3.31. The minimum absolute atomic E-state index is 0.161. The molecule has 14 heavy (non-hydrogen) atoms. The molecule has 1 aromatic rings. The number of nitrogens with zero attached hydrogens (tertiary/aromatic N) is 1. The van der Waals surface area contributed by atoms with Crippen LogP contribution < -0.4 is 0 Å². The summed E-state index contributed by atoms with van der Waals surface area (Å²) in [6.07, 6.45) is 2.81. The zero-order valence-corrected chi connectivity index (χ0v) is 7.60. The monoisotopic (exact) mass is 197 g/mol. The van der Waals surface area contributed by atoms with Gasteiger partial charge >= 0.3 is 5.97 Å². The quantitative estimate of drug-likeness (QED) is 0.772. The van der Waals surface area contributed by atoms with Gasteiger partial charge in [0.15, 0.2) is 0 Å². The second-order valence-corrected chi connectivity index (χ2v) is 3.31. The van der Waals surface area contributed by atoms with Crippen LogP contribution in [0.25, 0.3) is 0 Å².